The number of carboxylic acid groups (broad SMARTS) is 1. The highest BCUT2D eigenvalue weighted by molar-refractivity contribution is 5.66. The first kappa shape index (κ1) is 16.3. The molecule has 1 fully saturated rings. The Morgan fingerprint density at radius 1 is 1.42 bits per heavy atom. The van der Waals surface area contributed by atoms with Crippen LogP contribution in [-0.2, 0) is 0 Å². The molecule has 112 valence electrons. The highest BCUT2D eigenvalue weighted by Crippen LogP contribution is 2.38. The second-order valence-corrected chi connectivity index (χ2v) is 7.82. The summed E-state index contributed by atoms with van der Waals surface area (Å²) in [6.45, 7) is 11.3. The Balaban J connectivity index is 2.61. The van der Waals surface area contributed by atoms with E-state index in [2.05, 4.69) is 20.8 Å². The first-order valence-electron chi connectivity index (χ1n) is 7.16. The topological polar surface area (TPSA) is 60.8 Å². The van der Waals surface area contributed by atoms with Crippen LogP contribution < -0.4 is 0 Å². The molecule has 2 atom stereocenters. The lowest BCUT2D eigenvalue weighted by Gasteiger charge is -2.28. The van der Waals surface area contributed by atoms with Gasteiger partial charge in [0.05, 0.1) is 0 Å². The van der Waals surface area contributed by atoms with E-state index in [0.717, 1.165) is 19.3 Å². The van der Waals surface area contributed by atoms with Gasteiger partial charge in [0.2, 0.25) is 0 Å². The summed E-state index contributed by atoms with van der Waals surface area (Å²) >= 11 is 0. The Morgan fingerprint density at radius 3 is 2.37 bits per heavy atom. The van der Waals surface area contributed by atoms with Crippen LogP contribution in [0.15, 0.2) is 0 Å². The van der Waals surface area contributed by atoms with E-state index in [1.54, 1.807) is 4.90 Å². The third-order valence-electron chi connectivity index (χ3n) is 4.02. The van der Waals surface area contributed by atoms with Crippen LogP contribution in [0.1, 0.15) is 53.9 Å². The smallest absolute Gasteiger partial charge is 0.407 e. The summed E-state index contributed by atoms with van der Waals surface area (Å²) in [6, 6.07) is 0. The van der Waals surface area contributed by atoms with Gasteiger partial charge in [-0.05, 0) is 50.4 Å². The zero-order chi connectivity index (χ0) is 14.8. The molecule has 1 saturated heterocycles. The Hall–Kier alpha value is -0.770. The van der Waals surface area contributed by atoms with Gasteiger partial charge in [0.25, 0.3) is 0 Å². The number of aliphatic hydroxyl groups is 1. The fourth-order valence-corrected chi connectivity index (χ4v) is 3.44. The van der Waals surface area contributed by atoms with Gasteiger partial charge in [-0.1, -0.05) is 20.8 Å². The van der Waals surface area contributed by atoms with Crippen LogP contribution in [0.5, 0.6) is 0 Å². The minimum atomic E-state index is -0.830. The lowest BCUT2D eigenvalue weighted by atomic mass is 9.80. The van der Waals surface area contributed by atoms with Crippen molar-refractivity contribution in [3.8, 4) is 0 Å². The number of hydrogen-bond donors (Lipinski definition) is 2. The summed E-state index contributed by atoms with van der Waals surface area (Å²) in [5.74, 6) is 0.639. The highest BCUT2D eigenvalue weighted by Gasteiger charge is 2.41. The highest BCUT2D eigenvalue weighted by atomic mass is 16.4. The molecule has 1 aliphatic heterocycles. The molecule has 0 aromatic heterocycles. The zero-order valence-corrected chi connectivity index (χ0v) is 12.9. The Bertz CT molecular complexity index is 320. The molecule has 4 nitrogen and oxygen atoms in total. The number of carbonyl (C=O) groups is 1. The molecule has 0 saturated carbocycles. The van der Waals surface area contributed by atoms with Gasteiger partial charge in [-0.15, -0.1) is 0 Å². The van der Waals surface area contributed by atoms with Crippen LogP contribution in [0.2, 0.25) is 0 Å². The molecule has 0 aliphatic carbocycles. The van der Waals surface area contributed by atoms with Gasteiger partial charge in [-0.3, -0.25) is 0 Å². The third kappa shape index (κ3) is 4.68. The average Bonchev–Trinajstić information content (AvgIpc) is 2.50. The van der Waals surface area contributed by atoms with Gasteiger partial charge < -0.3 is 15.1 Å². The normalized spacial score (nSPS) is 24.5. The van der Waals surface area contributed by atoms with Gasteiger partial charge in [0, 0.05) is 18.7 Å². The average molecular weight is 271 g/mol. The molecule has 19 heavy (non-hydrogen) atoms. The molecule has 2 N–H and O–H groups in total. The second kappa shape index (κ2) is 5.70. The van der Waals surface area contributed by atoms with E-state index in [4.69, 9.17) is 0 Å². The maximum Gasteiger partial charge on any atom is 0.407 e. The van der Waals surface area contributed by atoms with E-state index in [-0.39, 0.29) is 23.5 Å². The number of hydrogen-bond acceptors (Lipinski definition) is 2. The van der Waals surface area contributed by atoms with Crippen molar-refractivity contribution in [1.82, 2.24) is 4.90 Å². The van der Waals surface area contributed by atoms with Gasteiger partial charge in [0.1, 0.15) is 0 Å². The molecule has 1 unspecified atom stereocenters. The van der Waals surface area contributed by atoms with Gasteiger partial charge in [-0.2, -0.15) is 0 Å². The molecule has 1 heterocycles. The second-order valence-electron chi connectivity index (χ2n) is 7.82. The van der Waals surface area contributed by atoms with Crippen molar-refractivity contribution >= 4 is 6.09 Å². The summed E-state index contributed by atoms with van der Waals surface area (Å²) in [6.07, 6.45) is 1.96. The van der Waals surface area contributed by atoms with E-state index >= 15 is 0 Å². The summed E-state index contributed by atoms with van der Waals surface area (Å²) in [4.78, 5) is 12.8. The monoisotopic (exact) mass is 271 g/mol. The Morgan fingerprint density at radius 2 is 2.00 bits per heavy atom. The fraction of sp³-hybridized carbons (Fsp3) is 0.933. The standard InChI is InChI=1S/C15H29NO3/c1-14(2,3)7-12(10-17)6-11-8-15(4,5)16(9-11)13(18)19/h11-12,17H,6-10H2,1-5H3,(H,18,19)/t11-,12?/m0/s1. The largest absolute Gasteiger partial charge is 0.465 e. The van der Waals surface area contributed by atoms with Crippen molar-refractivity contribution in [2.24, 2.45) is 17.3 Å². The number of aliphatic hydroxyl groups excluding tert-OH is 1. The Labute approximate surface area is 116 Å². The van der Waals surface area contributed by atoms with Crippen molar-refractivity contribution < 1.29 is 15.0 Å². The van der Waals surface area contributed by atoms with Gasteiger partial charge >= 0.3 is 6.09 Å². The minimum absolute atomic E-state index is 0.196. The van der Waals surface area contributed by atoms with E-state index in [0.29, 0.717) is 12.5 Å². The van der Waals surface area contributed by atoms with E-state index in [1.807, 2.05) is 13.8 Å². The molecule has 1 rings (SSSR count). The lowest BCUT2D eigenvalue weighted by molar-refractivity contribution is 0.116. The van der Waals surface area contributed by atoms with E-state index < -0.39 is 6.09 Å². The molecule has 0 bridgehead atoms. The van der Waals surface area contributed by atoms with Gasteiger partial charge in [0.15, 0.2) is 0 Å². The predicted octanol–water partition coefficient (Wildman–Crippen LogP) is 3.20. The molecule has 1 aliphatic rings. The summed E-state index contributed by atoms with van der Waals surface area (Å²) in [5, 5.41) is 18.7. The van der Waals surface area contributed by atoms with Crippen LogP contribution in [0.4, 0.5) is 4.79 Å². The van der Waals surface area contributed by atoms with Crippen LogP contribution >= 0.6 is 0 Å². The Kier molecular flexibility index (Phi) is 4.88. The molecular formula is C15H29NO3. The van der Waals surface area contributed by atoms with E-state index in [1.165, 1.54) is 0 Å². The fourth-order valence-electron chi connectivity index (χ4n) is 3.44. The predicted molar refractivity (Wildman–Crippen MR) is 76.2 cm³/mol. The maximum atomic E-state index is 11.2. The number of nitrogens with zero attached hydrogens (tertiary/aromatic N) is 1. The molecule has 4 heteroatoms. The van der Waals surface area contributed by atoms with Crippen molar-refractivity contribution in [3.63, 3.8) is 0 Å². The molecule has 0 aromatic rings. The van der Waals surface area contributed by atoms with Crippen LogP contribution in [-0.4, -0.2) is 39.9 Å². The lowest BCUT2D eigenvalue weighted by Crippen LogP contribution is -2.41. The molecule has 0 aromatic carbocycles. The number of likely N-dealkylation sites (tertiary alicyclic amines) is 1. The van der Waals surface area contributed by atoms with Crippen molar-refractivity contribution in [2.75, 3.05) is 13.2 Å². The van der Waals surface area contributed by atoms with Crippen LogP contribution in [0.3, 0.4) is 0 Å². The molecule has 0 radical (unpaired) electrons. The summed E-state index contributed by atoms with van der Waals surface area (Å²) in [7, 11) is 0. The van der Waals surface area contributed by atoms with Crippen molar-refractivity contribution in [2.45, 2.75) is 59.4 Å². The van der Waals surface area contributed by atoms with E-state index in [9.17, 15) is 15.0 Å². The van der Waals surface area contributed by atoms with Crippen molar-refractivity contribution in [1.29, 1.82) is 0 Å². The molecule has 0 spiro atoms. The summed E-state index contributed by atoms with van der Waals surface area (Å²) in [5.41, 5.74) is -0.0771. The minimum Gasteiger partial charge on any atom is -0.465 e. The zero-order valence-electron chi connectivity index (χ0n) is 12.9. The summed E-state index contributed by atoms with van der Waals surface area (Å²) < 4.78 is 0. The molecule has 1 amide bonds. The number of rotatable bonds is 4. The van der Waals surface area contributed by atoms with Gasteiger partial charge in [-0.25, -0.2) is 4.79 Å². The first-order valence-corrected chi connectivity index (χ1v) is 7.16. The van der Waals surface area contributed by atoms with Crippen molar-refractivity contribution in [3.05, 3.63) is 0 Å². The number of amides is 1. The molecular weight excluding hydrogens is 242 g/mol. The first-order chi connectivity index (χ1) is 8.55. The quantitative estimate of drug-likeness (QED) is 0.825. The maximum absolute atomic E-state index is 11.2. The SMILES string of the molecule is CC(C)(C)CC(CO)C[C@@H]1CN(C(=O)O)C(C)(C)C1. The van der Waals surface area contributed by atoms with Crippen LogP contribution in [0.25, 0.3) is 0 Å². The third-order valence-corrected chi connectivity index (χ3v) is 4.02. The van der Waals surface area contributed by atoms with Crippen LogP contribution in [0, 0.1) is 17.3 Å².